The minimum Gasteiger partial charge on any atom is -0.465 e. The SMILES string of the molecule is COC(=O)c1cc(-c2ccccc2)nc2c1nc(C)n2C. The third-order valence-electron chi connectivity index (χ3n) is 3.53. The Morgan fingerprint density at radius 2 is 1.90 bits per heavy atom. The van der Waals surface area contributed by atoms with Gasteiger partial charge >= 0.3 is 5.97 Å². The number of carbonyl (C=O) groups excluding carboxylic acids is 1. The number of carbonyl (C=O) groups is 1. The van der Waals surface area contributed by atoms with Crippen molar-refractivity contribution in [1.82, 2.24) is 14.5 Å². The Bertz CT molecular complexity index is 822. The minimum absolute atomic E-state index is 0.405. The van der Waals surface area contributed by atoms with Gasteiger partial charge in [0.1, 0.15) is 11.3 Å². The third kappa shape index (κ3) is 2.16. The smallest absolute Gasteiger partial charge is 0.340 e. The van der Waals surface area contributed by atoms with Crippen LogP contribution in [-0.2, 0) is 11.8 Å². The van der Waals surface area contributed by atoms with E-state index in [1.807, 2.05) is 48.9 Å². The summed E-state index contributed by atoms with van der Waals surface area (Å²) in [5, 5.41) is 0. The number of hydrogen-bond acceptors (Lipinski definition) is 4. The topological polar surface area (TPSA) is 57.0 Å². The molecule has 3 rings (SSSR count). The molecule has 5 heteroatoms. The second-order valence-corrected chi connectivity index (χ2v) is 4.80. The van der Waals surface area contributed by atoms with Crippen molar-refractivity contribution < 1.29 is 9.53 Å². The number of imidazole rings is 1. The summed E-state index contributed by atoms with van der Waals surface area (Å²) in [7, 11) is 3.25. The van der Waals surface area contributed by atoms with Gasteiger partial charge in [-0.05, 0) is 13.0 Å². The Hall–Kier alpha value is -2.69. The molecule has 0 aliphatic rings. The van der Waals surface area contributed by atoms with Crippen LogP contribution >= 0.6 is 0 Å². The van der Waals surface area contributed by atoms with Crippen molar-refractivity contribution >= 4 is 17.1 Å². The molecule has 0 aliphatic heterocycles. The fourth-order valence-corrected chi connectivity index (χ4v) is 2.28. The molecule has 2 aromatic heterocycles. The molecular formula is C16H15N3O2. The first kappa shape index (κ1) is 13.3. The zero-order valence-electron chi connectivity index (χ0n) is 12.1. The molecule has 0 atom stereocenters. The van der Waals surface area contributed by atoms with Crippen LogP contribution in [-0.4, -0.2) is 27.6 Å². The summed E-state index contributed by atoms with van der Waals surface area (Å²) in [5.41, 5.74) is 3.36. The van der Waals surface area contributed by atoms with E-state index in [-0.39, 0.29) is 0 Å². The van der Waals surface area contributed by atoms with Gasteiger partial charge in [-0.25, -0.2) is 14.8 Å². The molecule has 106 valence electrons. The molecule has 3 aromatic rings. The molecule has 0 spiro atoms. The summed E-state index contributed by atoms with van der Waals surface area (Å²) >= 11 is 0. The number of methoxy groups -OCH3 is 1. The molecule has 5 nitrogen and oxygen atoms in total. The lowest BCUT2D eigenvalue weighted by Crippen LogP contribution is -2.04. The molecular weight excluding hydrogens is 266 g/mol. The van der Waals surface area contributed by atoms with Crippen molar-refractivity contribution in [3.05, 3.63) is 47.8 Å². The number of nitrogens with zero attached hydrogens (tertiary/aromatic N) is 3. The van der Waals surface area contributed by atoms with E-state index in [0.29, 0.717) is 16.7 Å². The highest BCUT2D eigenvalue weighted by Crippen LogP contribution is 2.25. The van der Waals surface area contributed by atoms with Gasteiger partial charge in [0.2, 0.25) is 0 Å². The van der Waals surface area contributed by atoms with E-state index in [4.69, 9.17) is 4.74 Å². The van der Waals surface area contributed by atoms with Crippen LogP contribution in [0, 0.1) is 6.92 Å². The Morgan fingerprint density at radius 3 is 2.57 bits per heavy atom. The van der Waals surface area contributed by atoms with E-state index in [1.165, 1.54) is 7.11 Å². The molecule has 0 amide bonds. The quantitative estimate of drug-likeness (QED) is 0.678. The largest absolute Gasteiger partial charge is 0.465 e. The molecule has 2 heterocycles. The second kappa shape index (κ2) is 5.01. The Kier molecular flexibility index (Phi) is 3.17. The van der Waals surface area contributed by atoms with Crippen LogP contribution in [0.3, 0.4) is 0 Å². The van der Waals surface area contributed by atoms with E-state index in [2.05, 4.69) is 9.97 Å². The average Bonchev–Trinajstić information content (AvgIpc) is 2.82. The van der Waals surface area contributed by atoms with E-state index >= 15 is 0 Å². The molecule has 0 saturated heterocycles. The Labute approximate surface area is 122 Å². The van der Waals surface area contributed by atoms with Gasteiger partial charge < -0.3 is 9.30 Å². The summed E-state index contributed by atoms with van der Waals surface area (Å²) in [6.07, 6.45) is 0. The maximum atomic E-state index is 12.0. The van der Waals surface area contributed by atoms with Crippen molar-refractivity contribution in [1.29, 1.82) is 0 Å². The van der Waals surface area contributed by atoms with Crippen LogP contribution in [0.5, 0.6) is 0 Å². The van der Waals surface area contributed by atoms with Crippen LogP contribution in [0.25, 0.3) is 22.4 Å². The zero-order chi connectivity index (χ0) is 15.0. The van der Waals surface area contributed by atoms with Crippen LogP contribution < -0.4 is 0 Å². The predicted molar refractivity (Wildman–Crippen MR) is 80.0 cm³/mol. The normalized spacial score (nSPS) is 10.8. The number of pyridine rings is 1. The number of aromatic nitrogens is 3. The first-order valence-corrected chi connectivity index (χ1v) is 6.59. The van der Waals surface area contributed by atoms with Gasteiger partial charge in [-0.3, -0.25) is 0 Å². The number of esters is 1. The Morgan fingerprint density at radius 1 is 1.19 bits per heavy atom. The highest BCUT2D eigenvalue weighted by molar-refractivity contribution is 6.02. The minimum atomic E-state index is -0.405. The second-order valence-electron chi connectivity index (χ2n) is 4.80. The van der Waals surface area contributed by atoms with Gasteiger partial charge in [-0.15, -0.1) is 0 Å². The van der Waals surface area contributed by atoms with Crippen molar-refractivity contribution in [2.45, 2.75) is 6.92 Å². The number of aryl methyl sites for hydroxylation is 2. The fourth-order valence-electron chi connectivity index (χ4n) is 2.28. The molecule has 1 aromatic carbocycles. The fraction of sp³-hybridized carbons (Fsp3) is 0.188. The van der Waals surface area contributed by atoms with Crippen molar-refractivity contribution in [2.75, 3.05) is 7.11 Å². The van der Waals surface area contributed by atoms with Crippen LogP contribution in [0.1, 0.15) is 16.2 Å². The lowest BCUT2D eigenvalue weighted by Gasteiger charge is -2.06. The summed E-state index contributed by atoms with van der Waals surface area (Å²) in [6.45, 7) is 1.88. The maximum Gasteiger partial charge on any atom is 0.340 e. The lowest BCUT2D eigenvalue weighted by atomic mass is 10.1. The number of rotatable bonds is 2. The first-order valence-electron chi connectivity index (χ1n) is 6.59. The molecule has 0 saturated carbocycles. The average molecular weight is 281 g/mol. The Balaban J connectivity index is 2.33. The van der Waals surface area contributed by atoms with Gasteiger partial charge in [-0.1, -0.05) is 30.3 Å². The summed E-state index contributed by atoms with van der Waals surface area (Å²) in [5.74, 6) is 0.394. The number of fused-ring (bicyclic) bond motifs is 1. The van der Waals surface area contributed by atoms with Crippen LogP contribution in [0.15, 0.2) is 36.4 Å². The molecule has 0 N–H and O–H groups in total. The standard InChI is InChI=1S/C16H15N3O2/c1-10-17-14-12(16(20)21-3)9-13(18-15(14)19(10)2)11-7-5-4-6-8-11/h4-9H,1-3H3. The zero-order valence-corrected chi connectivity index (χ0v) is 12.1. The highest BCUT2D eigenvalue weighted by Gasteiger charge is 2.18. The molecule has 0 aliphatic carbocycles. The monoisotopic (exact) mass is 281 g/mol. The lowest BCUT2D eigenvalue weighted by molar-refractivity contribution is 0.0602. The van der Waals surface area contributed by atoms with Crippen molar-refractivity contribution in [3.8, 4) is 11.3 Å². The van der Waals surface area contributed by atoms with Crippen LogP contribution in [0.4, 0.5) is 0 Å². The molecule has 0 bridgehead atoms. The molecule has 0 unspecified atom stereocenters. The van der Waals surface area contributed by atoms with Crippen molar-refractivity contribution in [3.63, 3.8) is 0 Å². The number of ether oxygens (including phenoxy) is 1. The first-order chi connectivity index (χ1) is 10.1. The van der Waals surface area contributed by atoms with Crippen LogP contribution in [0.2, 0.25) is 0 Å². The number of benzene rings is 1. The van der Waals surface area contributed by atoms with Gasteiger partial charge in [0.05, 0.1) is 18.4 Å². The van der Waals surface area contributed by atoms with Gasteiger partial charge in [-0.2, -0.15) is 0 Å². The highest BCUT2D eigenvalue weighted by atomic mass is 16.5. The third-order valence-corrected chi connectivity index (χ3v) is 3.53. The van der Waals surface area contributed by atoms with Crippen molar-refractivity contribution in [2.24, 2.45) is 7.05 Å². The number of hydrogen-bond donors (Lipinski definition) is 0. The summed E-state index contributed by atoms with van der Waals surface area (Å²) < 4.78 is 6.74. The summed E-state index contributed by atoms with van der Waals surface area (Å²) in [4.78, 5) is 21.1. The molecule has 21 heavy (non-hydrogen) atoms. The maximum absolute atomic E-state index is 12.0. The predicted octanol–water partition coefficient (Wildman–Crippen LogP) is 2.73. The van der Waals surface area contributed by atoms with E-state index in [9.17, 15) is 4.79 Å². The van der Waals surface area contributed by atoms with Gasteiger partial charge in [0.15, 0.2) is 5.65 Å². The molecule has 0 radical (unpaired) electrons. The van der Waals surface area contributed by atoms with E-state index in [1.54, 1.807) is 6.07 Å². The van der Waals surface area contributed by atoms with E-state index < -0.39 is 5.97 Å². The molecule has 0 fully saturated rings. The van der Waals surface area contributed by atoms with Gasteiger partial charge in [0, 0.05) is 12.6 Å². The van der Waals surface area contributed by atoms with Gasteiger partial charge in [0.25, 0.3) is 0 Å². The van der Waals surface area contributed by atoms with E-state index in [0.717, 1.165) is 17.1 Å². The summed E-state index contributed by atoms with van der Waals surface area (Å²) in [6, 6.07) is 11.5.